The molecule has 122 valence electrons. The van der Waals surface area contributed by atoms with E-state index in [1.54, 1.807) is 18.9 Å². The first-order valence-corrected chi connectivity index (χ1v) is 7.70. The highest BCUT2D eigenvalue weighted by molar-refractivity contribution is 5.99. The quantitative estimate of drug-likeness (QED) is 0.644. The van der Waals surface area contributed by atoms with Crippen LogP contribution in [0, 0.1) is 0 Å². The number of hydrogen-bond donors (Lipinski definition) is 1. The normalized spacial score (nSPS) is 26.1. The zero-order chi connectivity index (χ0) is 15.9. The standard InChI is InChI=1S/C15H28N2O4/c1-5-7-12-13(18)16-15(3,6-2)14(19)17(12)8-9-21-11-10-20-4/h12H,5-11H2,1-4H3,(H,16,18). The smallest absolute Gasteiger partial charge is 0.248 e. The summed E-state index contributed by atoms with van der Waals surface area (Å²) in [6.07, 6.45) is 2.11. The molecule has 6 heteroatoms. The second-order valence-corrected chi connectivity index (χ2v) is 5.58. The van der Waals surface area contributed by atoms with Gasteiger partial charge in [-0.25, -0.2) is 0 Å². The van der Waals surface area contributed by atoms with Crippen LogP contribution in [-0.4, -0.2) is 61.8 Å². The van der Waals surface area contributed by atoms with Crippen LogP contribution in [0.5, 0.6) is 0 Å². The summed E-state index contributed by atoms with van der Waals surface area (Å²) in [5, 5.41) is 2.88. The fourth-order valence-electron chi connectivity index (χ4n) is 2.47. The molecule has 0 spiro atoms. The van der Waals surface area contributed by atoms with Crippen molar-refractivity contribution < 1.29 is 19.1 Å². The van der Waals surface area contributed by atoms with Crippen molar-refractivity contribution in [2.75, 3.05) is 33.5 Å². The van der Waals surface area contributed by atoms with Crippen molar-refractivity contribution in [2.45, 2.75) is 51.6 Å². The van der Waals surface area contributed by atoms with Crippen LogP contribution in [0.2, 0.25) is 0 Å². The van der Waals surface area contributed by atoms with Crippen LogP contribution in [-0.2, 0) is 19.1 Å². The molecular weight excluding hydrogens is 272 g/mol. The van der Waals surface area contributed by atoms with Gasteiger partial charge in [0, 0.05) is 13.7 Å². The van der Waals surface area contributed by atoms with E-state index in [1.165, 1.54) is 0 Å². The minimum Gasteiger partial charge on any atom is -0.382 e. The van der Waals surface area contributed by atoms with Crippen LogP contribution in [0.25, 0.3) is 0 Å². The van der Waals surface area contributed by atoms with Crippen molar-refractivity contribution in [2.24, 2.45) is 0 Å². The van der Waals surface area contributed by atoms with Crippen LogP contribution in [0.1, 0.15) is 40.0 Å². The fourth-order valence-corrected chi connectivity index (χ4v) is 2.47. The second kappa shape index (κ2) is 8.34. The van der Waals surface area contributed by atoms with E-state index in [4.69, 9.17) is 9.47 Å². The van der Waals surface area contributed by atoms with Crippen molar-refractivity contribution in [3.8, 4) is 0 Å². The molecule has 2 atom stereocenters. The molecule has 1 aliphatic rings. The van der Waals surface area contributed by atoms with E-state index >= 15 is 0 Å². The summed E-state index contributed by atoms with van der Waals surface area (Å²) in [5.74, 6) is -0.0731. The lowest BCUT2D eigenvalue weighted by Gasteiger charge is -2.44. The van der Waals surface area contributed by atoms with Gasteiger partial charge in [-0.1, -0.05) is 20.3 Å². The van der Waals surface area contributed by atoms with E-state index in [2.05, 4.69) is 5.32 Å². The summed E-state index contributed by atoms with van der Waals surface area (Å²) in [6, 6.07) is -0.381. The molecule has 0 aliphatic carbocycles. The Hall–Kier alpha value is -1.14. The van der Waals surface area contributed by atoms with Gasteiger partial charge in [-0.3, -0.25) is 9.59 Å². The van der Waals surface area contributed by atoms with Crippen LogP contribution in [0.4, 0.5) is 0 Å². The van der Waals surface area contributed by atoms with Crippen LogP contribution < -0.4 is 5.32 Å². The molecule has 1 fully saturated rings. The largest absolute Gasteiger partial charge is 0.382 e. The molecule has 1 heterocycles. The third kappa shape index (κ3) is 4.41. The number of rotatable bonds is 9. The van der Waals surface area contributed by atoms with Gasteiger partial charge in [0.25, 0.3) is 0 Å². The number of carbonyl (C=O) groups is 2. The molecule has 2 unspecified atom stereocenters. The Morgan fingerprint density at radius 2 is 1.95 bits per heavy atom. The van der Waals surface area contributed by atoms with Crippen molar-refractivity contribution in [1.82, 2.24) is 10.2 Å². The number of piperazine rings is 1. The molecule has 1 N–H and O–H groups in total. The van der Waals surface area contributed by atoms with E-state index in [9.17, 15) is 9.59 Å². The van der Waals surface area contributed by atoms with Gasteiger partial charge in [-0.2, -0.15) is 0 Å². The molecule has 6 nitrogen and oxygen atoms in total. The second-order valence-electron chi connectivity index (χ2n) is 5.58. The maximum atomic E-state index is 12.7. The average Bonchev–Trinajstić information content (AvgIpc) is 2.47. The van der Waals surface area contributed by atoms with Gasteiger partial charge < -0.3 is 19.7 Å². The topological polar surface area (TPSA) is 67.9 Å². The third-order valence-corrected chi connectivity index (χ3v) is 3.99. The summed E-state index contributed by atoms with van der Waals surface area (Å²) in [6.45, 7) is 7.59. The van der Waals surface area contributed by atoms with Crippen LogP contribution >= 0.6 is 0 Å². The Labute approximate surface area is 127 Å². The first-order valence-electron chi connectivity index (χ1n) is 7.70. The molecule has 0 saturated carbocycles. The van der Waals surface area contributed by atoms with E-state index in [-0.39, 0.29) is 17.9 Å². The number of carbonyl (C=O) groups excluding carboxylic acids is 2. The van der Waals surface area contributed by atoms with Gasteiger partial charge in [0.05, 0.1) is 19.8 Å². The van der Waals surface area contributed by atoms with E-state index < -0.39 is 5.54 Å². The number of nitrogens with one attached hydrogen (secondary N) is 1. The zero-order valence-corrected chi connectivity index (χ0v) is 13.6. The number of methoxy groups -OCH3 is 1. The lowest BCUT2D eigenvalue weighted by atomic mass is 9.90. The molecule has 1 saturated heterocycles. The maximum absolute atomic E-state index is 12.7. The average molecular weight is 300 g/mol. The molecule has 21 heavy (non-hydrogen) atoms. The summed E-state index contributed by atoms with van der Waals surface area (Å²) in [4.78, 5) is 26.6. The Morgan fingerprint density at radius 1 is 1.24 bits per heavy atom. The summed E-state index contributed by atoms with van der Waals surface area (Å²) in [7, 11) is 1.62. The Bertz CT molecular complexity index is 362. The molecule has 0 aromatic heterocycles. The highest BCUT2D eigenvalue weighted by Gasteiger charge is 2.46. The Morgan fingerprint density at radius 3 is 2.52 bits per heavy atom. The molecule has 0 bridgehead atoms. The van der Waals surface area contributed by atoms with Gasteiger partial charge >= 0.3 is 0 Å². The minimum atomic E-state index is -0.798. The number of hydrogen-bond acceptors (Lipinski definition) is 4. The summed E-state index contributed by atoms with van der Waals surface area (Å²) in [5.41, 5.74) is -0.798. The molecule has 1 rings (SSSR count). The molecule has 0 radical (unpaired) electrons. The van der Waals surface area contributed by atoms with Gasteiger partial charge in [-0.15, -0.1) is 0 Å². The van der Waals surface area contributed by atoms with Crippen molar-refractivity contribution in [3.05, 3.63) is 0 Å². The van der Waals surface area contributed by atoms with Crippen molar-refractivity contribution >= 4 is 11.8 Å². The summed E-state index contributed by atoms with van der Waals surface area (Å²) < 4.78 is 10.4. The van der Waals surface area contributed by atoms with E-state index in [0.29, 0.717) is 39.2 Å². The number of nitrogens with zero attached hydrogens (tertiary/aromatic N) is 1. The van der Waals surface area contributed by atoms with Crippen molar-refractivity contribution in [1.29, 1.82) is 0 Å². The lowest BCUT2D eigenvalue weighted by molar-refractivity contribution is -0.155. The molecule has 2 amide bonds. The predicted octanol–water partition coefficient (Wildman–Crippen LogP) is 0.945. The van der Waals surface area contributed by atoms with Gasteiger partial charge in [0.1, 0.15) is 11.6 Å². The first kappa shape index (κ1) is 17.9. The van der Waals surface area contributed by atoms with Crippen LogP contribution in [0.15, 0.2) is 0 Å². The monoisotopic (exact) mass is 300 g/mol. The number of ether oxygens (including phenoxy) is 2. The molecule has 1 aliphatic heterocycles. The highest BCUT2D eigenvalue weighted by Crippen LogP contribution is 2.23. The van der Waals surface area contributed by atoms with E-state index in [0.717, 1.165) is 6.42 Å². The first-order chi connectivity index (χ1) is 10.00. The highest BCUT2D eigenvalue weighted by atomic mass is 16.5. The minimum absolute atomic E-state index is 0.0154. The van der Waals surface area contributed by atoms with Crippen molar-refractivity contribution in [3.63, 3.8) is 0 Å². The molecular formula is C15H28N2O4. The number of amides is 2. The lowest BCUT2D eigenvalue weighted by Crippen LogP contribution is -2.69. The van der Waals surface area contributed by atoms with Crippen LogP contribution in [0.3, 0.4) is 0 Å². The van der Waals surface area contributed by atoms with Gasteiger partial charge in [0.2, 0.25) is 11.8 Å². The zero-order valence-electron chi connectivity index (χ0n) is 13.6. The molecule has 0 aromatic rings. The maximum Gasteiger partial charge on any atom is 0.248 e. The third-order valence-electron chi connectivity index (χ3n) is 3.99. The van der Waals surface area contributed by atoms with Gasteiger partial charge in [0.15, 0.2) is 0 Å². The molecule has 0 aromatic carbocycles. The van der Waals surface area contributed by atoms with E-state index in [1.807, 2.05) is 13.8 Å². The Balaban J connectivity index is 2.71. The fraction of sp³-hybridized carbons (Fsp3) is 0.867. The SMILES string of the molecule is CCCC1C(=O)NC(C)(CC)C(=O)N1CCOCCOC. The van der Waals surface area contributed by atoms with Gasteiger partial charge in [-0.05, 0) is 19.8 Å². The predicted molar refractivity (Wildman–Crippen MR) is 79.9 cm³/mol. The Kier molecular flexibility index (Phi) is 7.11. The summed E-state index contributed by atoms with van der Waals surface area (Å²) >= 11 is 0.